The highest BCUT2D eigenvalue weighted by Crippen LogP contribution is 2.30. The van der Waals surface area contributed by atoms with Crippen molar-refractivity contribution < 1.29 is 8.81 Å². The molecule has 0 spiro atoms. The minimum atomic E-state index is -0.274. The van der Waals surface area contributed by atoms with Crippen molar-refractivity contribution in [3.63, 3.8) is 0 Å². The van der Waals surface area contributed by atoms with Crippen molar-refractivity contribution in [3.05, 3.63) is 90.1 Å². The summed E-state index contributed by atoms with van der Waals surface area (Å²) < 4.78 is 20.4. The van der Waals surface area contributed by atoms with Gasteiger partial charge in [0.1, 0.15) is 5.82 Å². The maximum Gasteiger partial charge on any atom is 0.247 e. The molecular weight excluding hydrogens is 341 g/mol. The van der Waals surface area contributed by atoms with Crippen molar-refractivity contribution in [2.75, 3.05) is 5.73 Å². The van der Waals surface area contributed by atoms with E-state index in [2.05, 4.69) is 10.2 Å². The van der Waals surface area contributed by atoms with Crippen molar-refractivity contribution in [1.29, 1.82) is 0 Å². The first kappa shape index (κ1) is 17.0. The number of hydrogen-bond donors (Lipinski definition) is 1. The normalized spacial score (nSPS) is 12.1. The lowest BCUT2D eigenvalue weighted by molar-refractivity contribution is 0.489. The van der Waals surface area contributed by atoms with Gasteiger partial charge in [0.05, 0.1) is 5.92 Å². The average molecular weight is 359 g/mol. The third-order valence-corrected chi connectivity index (χ3v) is 4.55. The van der Waals surface area contributed by atoms with Crippen LogP contribution in [0.5, 0.6) is 0 Å². The molecule has 3 aromatic carbocycles. The Morgan fingerprint density at radius 2 is 1.63 bits per heavy atom. The van der Waals surface area contributed by atoms with Gasteiger partial charge in [-0.1, -0.05) is 42.5 Å². The van der Waals surface area contributed by atoms with Gasteiger partial charge in [0.2, 0.25) is 11.8 Å². The average Bonchev–Trinajstić information content (AvgIpc) is 3.19. The molecule has 0 amide bonds. The van der Waals surface area contributed by atoms with E-state index in [0.29, 0.717) is 23.0 Å². The Hall–Kier alpha value is -3.47. The van der Waals surface area contributed by atoms with E-state index < -0.39 is 0 Å². The van der Waals surface area contributed by atoms with Crippen LogP contribution in [0.15, 0.2) is 77.2 Å². The van der Waals surface area contributed by atoms with Crippen LogP contribution in [0.1, 0.15) is 24.3 Å². The molecule has 0 bridgehead atoms. The standard InChI is InChI=1S/C22H18FN3O/c1-14(21-25-26-22(27-21)16-7-10-18(24)11-8-16)17-9-12-19(20(23)13-17)15-5-3-2-4-6-15/h2-14H,24H2,1H3. The maximum atomic E-state index is 14.6. The first-order valence-corrected chi connectivity index (χ1v) is 8.66. The van der Waals surface area contributed by atoms with Gasteiger partial charge in [-0.05, 0) is 48.4 Å². The smallest absolute Gasteiger partial charge is 0.247 e. The van der Waals surface area contributed by atoms with Crippen LogP contribution in [-0.4, -0.2) is 10.2 Å². The molecule has 0 aliphatic carbocycles. The highest BCUT2D eigenvalue weighted by Gasteiger charge is 2.18. The molecule has 0 saturated heterocycles. The van der Waals surface area contributed by atoms with Crippen molar-refractivity contribution >= 4 is 5.69 Å². The largest absolute Gasteiger partial charge is 0.420 e. The number of hydrogen-bond acceptors (Lipinski definition) is 4. The number of halogens is 1. The second-order valence-corrected chi connectivity index (χ2v) is 6.39. The number of nitrogens with two attached hydrogens (primary N) is 1. The van der Waals surface area contributed by atoms with Crippen LogP contribution in [0.4, 0.5) is 10.1 Å². The van der Waals surface area contributed by atoms with Gasteiger partial charge in [0.15, 0.2) is 0 Å². The molecule has 0 aliphatic heterocycles. The van der Waals surface area contributed by atoms with Crippen LogP contribution in [0.2, 0.25) is 0 Å². The summed E-state index contributed by atoms with van der Waals surface area (Å²) in [5, 5.41) is 8.23. The predicted octanol–water partition coefficient (Wildman–Crippen LogP) is 5.28. The lowest BCUT2D eigenvalue weighted by atomic mass is 9.97. The van der Waals surface area contributed by atoms with Gasteiger partial charge in [0.25, 0.3) is 0 Å². The van der Waals surface area contributed by atoms with Crippen molar-refractivity contribution in [2.45, 2.75) is 12.8 Å². The third-order valence-electron chi connectivity index (χ3n) is 4.55. The summed E-state index contributed by atoms with van der Waals surface area (Å²) in [5.41, 5.74) is 9.35. The summed E-state index contributed by atoms with van der Waals surface area (Å²) in [6.45, 7) is 1.91. The molecule has 0 radical (unpaired) electrons. The topological polar surface area (TPSA) is 64.9 Å². The summed E-state index contributed by atoms with van der Waals surface area (Å²) in [6, 6.07) is 21.9. The van der Waals surface area contributed by atoms with Crippen LogP contribution in [0.25, 0.3) is 22.6 Å². The second kappa shape index (κ2) is 7.03. The number of nitrogen functional groups attached to an aromatic ring is 1. The summed E-state index contributed by atoms with van der Waals surface area (Å²) in [6.07, 6.45) is 0. The summed E-state index contributed by atoms with van der Waals surface area (Å²) >= 11 is 0. The van der Waals surface area contributed by atoms with Gasteiger partial charge in [-0.3, -0.25) is 0 Å². The molecule has 27 heavy (non-hydrogen) atoms. The predicted molar refractivity (Wildman–Crippen MR) is 103 cm³/mol. The van der Waals surface area contributed by atoms with Crippen LogP contribution >= 0.6 is 0 Å². The molecule has 1 aromatic heterocycles. The molecule has 2 N–H and O–H groups in total. The van der Waals surface area contributed by atoms with Gasteiger partial charge in [-0.15, -0.1) is 10.2 Å². The molecule has 4 rings (SSSR count). The molecule has 4 aromatic rings. The van der Waals surface area contributed by atoms with Crippen LogP contribution in [0, 0.1) is 5.82 Å². The van der Waals surface area contributed by atoms with E-state index in [9.17, 15) is 4.39 Å². The van der Waals surface area contributed by atoms with E-state index >= 15 is 0 Å². The van der Waals surface area contributed by atoms with E-state index in [-0.39, 0.29) is 11.7 Å². The Bertz CT molecular complexity index is 1060. The van der Waals surface area contributed by atoms with Crippen molar-refractivity contribution in [2.24, 2.45) is 0 Å². The zero-order valence-electron chi connectivity index (χ0n) is 14.8. The number of nitrogens with zero attached hydrogens (tertiary/aromatic N) is 2. The maximum absolute atomic E-state index is 14.6. The Morgan fingerprint density at radius 3 is 2.33 bits per heavy atom. The highest BCUT2D eigenvalue weighted by molar-refractivity contribution is 5.64. The Kier molecular flexibility index (Phi) is 4.42. The van der Waals surface area contributed by atoms with Crippen LogP contribution in [0.3, 0.4) is 0 Å². The van der Waals surface area contributed by atoms with Gasteiger partial charge in [0, 0.05) is 16.8 Å². The van der Waals surface area contributed by atoms with E-state index in [4.69, 9.17) is 10.2 Å². The number of benzene rings is 3. The summed E-state index contributed by atoms with van der Waals surface area (Å²) in [4.78, 5) is 0. The minimum Gasteiger partial charge on any atom is -0.420 e. The van der Waals surface area contributed by atoms with E-state index in [0.717, 1.165) is 16.7 Å². The molecule has 0 fully saturated rings. The molecular formula is C22H18FN3O. The van der Waals surface area contributed by atoms with E-state index in [1.54, 1.807) is 18.2 Å². The van der Waals surface area contributed by atoms with E-state index in [1.165, 1.54) is 6.07 Å². The lowest BCUT2D eigenvalue weighted by Crippen LogP contribution is -1.98. The molecule has 1 atom stereocenters. The number of aromatic nitrogens is 2. The molecule has 1 heterocycles. The SMILES string of the molecule is CC(c1ccc(-c2ccccc2)c(F)c1)c1nnc(-c2ccc(N)cc2)o1. The van der Waals surface area contributed by atoms with Crippen LogP contribution < -0.4 is 5.73 Å². The van der Waals surface area contributed by atoms with Gasteiger partial charge < -0.3 is 10.2 Å². The van der Waals surface area contributed by atoms with E-state index in [1.807, 2.05) is 55.5 Å². The highest BCUT2D eigenvalue weighted by atomic mass is 19.1. The van der Waals surface area contributed by atoms with Crippen molar-refractivity contribution in [1.82, 2.24) is 10.2 Å². The molecule has 134 valence electrons. The fourth-order valence-electron chi connectivity index (χ4n) is 2.95. The molecule has 0 aliphatic rings. The quantitative estimate of drug-likeness (QED) is 0.504. The third kappa shape index (κ3) is 3.44. The Balaban J connectivity index is 1.61. The summed E-state index contributed by atoms with van der Waals surface area (Å²) in [7, 11) is 0. The fourth-order valence-corrected chi connectivity index (χ4v) is 2.95. The second-order valence-electron chi connectivity index (χ2n) is 6.39. The monoisotopic (exact) mass is 359 g/mol. The zero-order chi connectivity index (χ0) is 18.8. The van der Waals surface area contributed by atoms with Gasteiger partial charge in [-0.2, -0.15) is 0 Å². The van der Waals surface area contributed by atoms with Gasteiger partial charge >= 0.3 is 0 Å². The minimum absolute atomic E-state index is 0.223. The van der Waals surface area contributed by atoms with Gasteiger partial charge in [-0.25, -0.2) is 4.39 Å². The first-order valence-electron chi connectivity index (χ1n) is 8.66. The molecule has 4 nitrogen and oxygen atoms in total. The molecule has 0 saturated carbocycles. The molecule has 1 unspecified atom stereocenters. The Labute approximate surface area is 156 Å². The lowest BCUT2D eigenvalue weighted by Gasteiger charge is -2.10. The summed E-state index contributed by atoms with van der Waals surface area (Å²) in [5.74, 6) is 0.357. The first-order chi connectivity index (χ1) is 13.1. The number of anilines is 1. The zero-order valence-corrected chi connectivity index (χ0v) is 14.8. The van der Waals surface area contributed by atoms with Crippen molar-refractivity contribution in [3.8, 4) is 22.6 Å². The molecule has 5 heteroatoms. The fraction of sp³-hybridized carbons (Fsp3) is 0.0909. The number of rotatable bonds is 4. The Morgan fingerprint density at radius 1 is 0.889 bits per heavy atom. The van der Waals surface area contributed by atoms with Crippen LogP contribution in [-0.2, 0) is 0 Å².